The highest BCUT2D eigenvalue weighted by Crippen LogP contribution is 2.43. The summed E-state index contributed by atoms with van der Waals surface area (Å²) in [6.07, 6.45) is 0.630. The quantitative estimate of drug-likeness (QED) is 0.0821. The average molecular weight is 1010 g/mol. The number of aromatic nitrogens is 3. The van der Waals surface area contributed by atoms with Gasteiger partial charge in [0, 0.05) is 97.4 Å². The van der Waals surface area contributed by atoms with E-state index in [9.17, 15) is 38.6 Å². The number of rotatable bonds is 13. The van der Waals surface area contributed by atoms with Gasteiger partial charge in [-0.2, -0.15) is 5.10 Å². The fraction of sp³-hybridized carbons (Fsp3) is 0.396. The van der Waals surface area contributed by atoms with Crippen molar-refractivity contribution in [2.24, 2.45) is 13.0 Å². The van der Waals surface area contributed by atoms with Gasteiger partial charge >= 0.3 is 5.97 Å². The molecular weight excluding hydrogens is 950 g/mol. The first-order chi connectivity index (χ1) is 34.6. The van der Waals surface area contributed by atoms with E-state index in [0.717, 1.165) is 49.6 Å². The standard InChI is InChI=1S/C53H55ClF2N8O8/c1-29-45(30(2)59(3)58-29)46-39(54)12-11-36-35(7-5-25-72-43-8-4-6-32-26-33(55)9-10-34(32)43)48(53(70)71)63(47(36)46)24-19-60-17-15-31(16-18-60)50(67)62-22-20-61(21-23-62)42-28-38-37(27-40(42)56)51(68)64(52(38)69)41-13-14-44(65)57-49(41)66/h4,6,8-12,26-28,31,41,51,68H,5,7,13-25H2,1-3H3,(H,70,71)(H,57,65,66). The fourth-order valence-corrected chi connectivity index (χ4v) is 11.6. The molecule has 2 aromatic heterocycles. The number of amides is 4. The maximum atomic E-state index is 15.7. The van der Waals surface area contributed by atoms with Gasteiger partial charge in [-0.1, -0.05) is 29.8 Å². The summed E-state index contributed by atoms with van der Waals surface area (Å²) in [6, 6.07) is 15.2. The van der Waals surface area contributed by atoms with Crippen molar-refractivity contribution in [2.45, 2.75) is 71.2 Å². The second kappa shape index (κ2) is 19.6. The van der Waals surface area contributed by atoms with Crippen molar-refractivity contribution in [1.82, 2.24) is 34.4 Å². The summed E-state index contributed by atoms with van der Waals surface area (Å²) in [6.45, 7) is 7.58. The summed E-state index contributed by atoms with van der Waals surface area (Å²) in [5.41, 5.74) is 5.08. The Kier molecular flexibility index (Phi) is 13.3. The zero-order chi connectivity index (χ0) is 50.7. The fourth-order valence-electron chi connectivity index (χ4n) is 11.3. The minimum Gasteiger partial charge on any atom is -0.493 e. The van der Waals surface area contributed by atoms with Crippen molar-refractivity contribution < 1.29 is 47.7 Å². The van der Waals surface area contributed by atoms with Crippen LogP contribution in [0.3, 0.4) is 0 Å². The van der Waals surface area contributed by atoms with Crippen LogP contribution in [0, 0.1) is 31.4 Å². The first-order valence-corrected chi connectivity index (χ1v) is 24.8. The number of ether oxygens (including phenoxy) is 1. The zero-order valence-electron chi connectivity index (χ0n) is 40.2. The van der Waals surface area contributed by atoms with Gasteiger partial charge in [-0.3, -0.25) is 34.1 Å². The summed E-state index contributed by atoms with van der Waals surface area (Å²) in [5, 5.41) is 31.6. The summed E-state index contributed by atoms with van der Waals surface area (Å²) in [5.74, 6) is -3.39. The highest BCUT2D eigenvalue weighted by Gasteiger charge is 2.45. The minimum atomic E-state index is -1.54. The molecule has 6 heterocycles. The van der Waals surface area contributed by atoms with Gasteiger partial charge in [0.15, 0.2) is 6.23 Å². The highest BCUT2D eigenvalue weighted by molar-refractivity contribution is 6.35. The molecule has 3 saturated heterocycles. The van der Waals surface area contributed by atoms with Crippen LogP contribution in [0.15, 0.2) is 60.7 Å². The molecule has 2 unspecified atom stereocenters. The lowest BCUT2D eigenvalue weighted by Gasteiger charge is -2.39. The number of nitrogens with one attached hydrogen (secondary N) is 1. The second-order valence-corrected chi connectivity index (χ2v) is 19.6. The second-order valence-electron chi connectivity index (χ2n) is 19.2. The lowest BCUT2D eigenvalue weighted by molar-refractivity contribution is -0.140. The molecule has 4 aliphatic rings. The van der Waals surface area contributed by atoms with Crippen molar-refractivity contribution in [2.75, 3.05) is 57.3 Å². The number of hydrogen-bond acceptors (Lipinski definition) is 10. The number of hydrogen-bond donors (Lipinski definition) is 3. The maximum absolute atomic E-state index is 15.7. The van der Waals surface area contributed by atoms with Gasteiger partial charge in [-0.15, -0.1) is 0 Å². The van der Waals surface area contributed by atoms with Crippen molar-refractivity contribution >= 4 is 68.6 Å². The number of fused-ring (bicyclic) bond motifs is 3. The van der Waals surface area contributed by atoms with E-state index in [0.29, 0.717) is 107 Å². The Morgan fingerprint density at radius 3 is 2.36 bits per heavy atom. The number of carbonyl (C=O) groups is 5. The molecule has 3 N–H and O–H groups in total. The molecule has 10 rings (SSSR count). The molecule has 2 atom stereocenters. The Morgan fingerprint density at radius 1 is 0.903 bits per heavy atom. The first-order valence-electron chi connectivity index (χ1n) is 24.4. The van der Waals surface area contributed by atoms with Gasteiger partial charge in [0.05, 0.1) is 28.5 Å². The van der Waals surface area contributed by atoms with E-state index >= 15 is 4.39 Å². The molecule has 4 amide bonds. The molecular formula is C53H55ClF2N8O8. The SMILES string of the molecule is Cc1nn(C)c(C)c1-c1c(Cl)ccc2c(CCCOc3cccc4cc(F)ccc34)c(C(=O)O)n(CCN3CCC(C(=O)N4CCN(c5cc6c(cc5F)C(O)N(C5CCC(=O)NC5=O)C6=O)CC4)CC3)c12. The topological polar surface area (TPSA) is 183 Å². The molecule has 0 aliphatic carbocycles. The Labute approximate surface area is 418 Å². The summed E-state index contributed by atoms with van der Waals surface area (Å²) in [4.78, 5) is 72.1. The number of imide groups is 1. The molecule has 6 aromatic rings. The molecule has 376 valence electrons. The Bertz CT molecular complexity index is 3190. The molecule has 0 bridgehead atoms. The molecule has 4 aromatic carbocycles. The minimum absolute atomic E-state index is 0.0115. The van der Waals surface area contributed by atoms with Crippen LogP contribution in [-0.2, 0) is 34.4 Å². The number of carbonyl (C=O) groups excluding carboxylic acids is 4. The van der Waals surface area contributed by atoms with Gasteiger partial charge in [0.25, 0.3) is 5.91 Å². The van der Waals surface area contributed by atoms with Crippen molar-refractivity contribution in [3.05, 3.63) is 111 Å². The van der Waals surface area contributed by atoms with E-state index in [1.54, 1.807) is 20.5 Å². The van der Waals surface area contributed by atoms with Crippen LogP contribution in [0.2, 0.25) is 5.02 Å². The maximum Gasteiger partial charge on any atom is 0.352 e. The lowest BCUT2D eigenvalue weighted by atomic mass is 9.95. The third-order valence-corrected chi connectivity index (χ3v) is 15.4. The van der Waals surface area contributed by atoms with E-state index < -0.39 is 41.8 Å². The number of aromatic carboxylic acids is 1. The monoisotopic (exact) mass is 1000 g/mol. The third-order valence-electron chi connectivity index (χ3n) is 15.1. The van der Waals surface area contributed by atoms with E-state index in [-0.39, 0.29) is 53.0 Å². The molecule has 0 radical (unpaired) electrons. The van der Waals surface area contributed by atoms with E-state index in [4.69, 9.17) is 16.3 Å². The van der Waals surface area contributed by atoms with Gasteiger partial charge in [0.1, 0.15) is 29.1 Å². The molecule has 0 saturated carbocycles. The normalized spacial score (nSPS) is 18.9. The number of carboxylic acids is 1. The summed E-state index contributed by atoms with van der Waals surface area (Å²) in [7, 11) is 1.86. The molecule has 0 spiro atoms. The van der Waals surface area contributed by atoms with Crippen molar-refractivity contribution in [3.63, 3.8) is 0 Å². The number of nitrogens with zero attached hydrogens (tertiary/aromatic N) is 7. The molecule has 4 aliphatic heterocycles. The number of likely N-dealkylation sites (tertiary alicyclic amines) is 1. The first kappa shape index (κ1) is 48.7. The number of piperazine rings is 1. The highest BCUT2D eigenvalue weighted by atomic mass is 35.5. The third kappa shape index (κ3) is 8.82. The molecule has 19 heteroatoms. The van der Waals surface area contributed by atoms with Crippen LogP contribution in [0.1, 0.15) is 81.7 Å². The largest absolute Gasteiger partial charge is 0.493 e. The molecule has 16 nitrogen and oxygen atoms in total. The van der Waals surface area contributed by atoms with E-state index in [2.05, 4.69) is 15.3 Å². The predicted molar refractivity (Wildman–Crippen MR) is 265 cm³/mol. The Hall–Kier alpha value is -6.89. The summed E-state index contributed by atoms with van der Waals surface area (Å²) >= 11 is 7.08. The van der Waals surface area contributed by atoms with Gasteiger partial charge in [-0.25, -0.2) is 13.6 Å². The number of anilines is 1. The number of aliphatic hydroxyl groups is 1. The van der Waals surface area contributed by atoms with Gasteiger partial charge < -0.3 is 34.2 Å². The molecule has 72 heavy (non-hydrogen) atoms. The van der Waals surface area contributed by atoms with Crippen LogP contribution in [0.4, 0.5) is 14.5 Å². The van der Waals surface area contributed by atoms with Crippen LogP contribution >= 0.6 is 11.6 Å². The Balaban J connectivity index is 0.809. The van der Waals surface area contributed by atoms with Gasteiger partial charge in [0.2, 0.25) is 17.7 Å². The smallest absolute Gasteiger partial charge is 0.352 e. The van der Waals surface area contributed by atoms with Crippen LogP contribution in [0.5, 0.6) is 5.75 Å². The van der Waals surface area contributed by atoms with Crippen molar-refractivity contribution in [3.8, 4) is 16.9 Å². The number of piperidine rings is 2. The van der Waals surface area contributed by atoms with Crippen LogP contribution in [-0.4, -0.2) is 127 Å². The number of halogens is 3. The number of aliphatic hydroxyl groups excluding tert-OH is 1. The zero-order valence-corrected chi connectivity index (χ0v) is 41.0. The average Bonchev–Trinajstić information content (AvgIpc) is 3.91. The Morgan fingerprint density at radius 2 is 1.65 bits per heavy atom. The predicted octanol–water partition coefficient (Wildman–Crippen LogP) is 6.77. The van der Waals surface area contributed by atoms with Crippen LogP contribution < -0.4 is 15.0 Å². The van der Waals surface area contributed by atoms with Gasteiger partial charge in [-0.05, 0) is 112 Å². The van der Waals surface area contributed by atoms with E-state index in [1.807, 2.05) is 55.8 Å². The lowest BCUT2D eigenvalue weighted by Crippen LogP contribution is -2.53. The number of carboxylic acid groups (broad SMARTS) is 1. The van der Waals surface area contributed by atoms with E-state index in [1.165, 1.54) is 18.2 Å². The summed E-state index contributed by atoms with van der Waals surface area (Å²) < 4.78 is 39.6. The van der Waals surface area contributed by atoms with Crippen molar-refractivity contribution in [1.29, 1.82) is 0 Å². The number of benzene rings is 4. The van der Waals surface area contributed by atoms with Crippen LogP contribution in [0.25, 0.3) is 32.8 Å². The molecule has 3 fully saturated rings. The number of aryl methyl sites for hydroxylation is 3.